The van der Waals surface area contributed by atoms with E-state index in [0.717, 1.165) is 38.2 Å². The highest BCUT2D eigenvalue weighted by Gasteiger charge is 2.45. The molecule has 8 heteroatoms. The first-order valence-corrected chi connectivity index (χ1v) is 11.5. The van der Waals surface area contributed by atoms with Crippen LogP contribution >= 0.6 is 23.2 Å². The van der Waals surface area contributed by atoms with Gasteiger partial charge in [-0.1, -0.05) is 53.5 Å². The molecule has 0 unspecified atom stereocenters. The Balaban J connectivity index is 1.24. The number of nitrogens with zero attached hydrogens (tertiary/aromatic N) is 5. The number of anilines is 1. The van der Waals surface area contributed by atoms with Gasteiger partial charge in [0.2, 0.25) is 0 Å². The van der Waals surface area contributed by atoms with E-state index in [2.05, 4.69) is 44.2 Å². The summed E-state index contributed by atoms with van der Waals surface area (Å²) in [6.07, 6.45) is 6.85. The van der Waals surface area contributed by atoms with Crippen molar-refractivity contribution in [2.24, 2.45) is 11.1 Å². The van der Waals surface area contributed by atoms with Gasteiger partial charge >= 0.3 is 0 Å². The molecular formula is C24H22Cl2N6. The largest absolute Gasteiger partial charge is 0.355 e. The maximum absolute atomic E-state index is 6.72. The SMILES string of the molecule is N[C@@H]1c2ccccc2CC12CCN(c1cn3nc(-c4cccc(Cl)c4Cl)nc3cn1)CC2. The van der Waals surface area contributed by atoms with E-state index in [0.29, 0.717) is 27.1 Å². The number of piperidine rings is 1. The standard InChI is InChI=1S/C24H22Cl2N6/c25-18-7-3-6-17(21(18)26)23-29-19-13-28-20(14-32(19)30-23)31-10-8-24(9-11-31)12-15-4-1-2-5-16(15)22(24)27/h1-7,13-14,22H,8-12,27H2/t22-/m1/s1. The highest BCUT2D eigenvalue weighted by molar-refractivity contribution is 6.43. The van der Waals surface area contributed by atoms with Gasteiger partial charge in [-0.05, 0) is 47.9 Å². The molecule has 2 aromatic heterocycles. The summed E-state index contributed by atoms with van der Waals surface area (Å²) in [7, 11) is 0. The number of halogens is 2. The van der Waals surface area contributed by atoms with Gasteiger partial charge in [-0.25, -0.2) is 14.5 Å². The summed E-state index contributed by atoms with van der Waals surface area (Å²) in [4.78, 5) is 11.6. The van der Waals surface area contributed by atoms with Gasteiger partial charge in [0.05, 0.1) is 22.4 Å². The number of rotatable bonds is 2. The molecule has 0 bridgehead atoms. The predicted molar refractivity (Wildman–Crippen MR) is 127 cm³/mol. The van der Waals surface area contributed by atoms with E-state index in [1.54, 1.807) is 16.8 Å². The fraction of sp³-hybridized carbons (Fsp3) is 0.292. The normalized spacial score (nSPS) is 19.6. The van der Waals surface area contributed by atoms with Crippen molar-refractivity contribution >= 4 is 34.7 Å². The lowest BCUT2D eigenvalue weighted by atomic mass is 9.73. The third kappa shape index (κ3) is 3.09. The maximum atomic E-state index is 6.72. The number of hydrogen-bond acceptors (Lipinski definition) is 5. The van der Waals surface area contributed by atoms with E-state index in [4.69, 9.17) is 28.9 Å². The second-order valence-electron chi connectivity index (χ2n) is 8.79. The maximum Gasteiger partial charge on any atom is 0.183 e. The molecule has 6 nitrogen and oxygen atoms in total. The molecule has 162 valence electrons. The lowest BCUT2D eigenvalue weighted by Crippen LogP contribution is -2.44. The minimum Gasteiger partial charge on any atom is -0.355 e. The van der Waals surface area contributed by atoms with Crippen LogP contribution in [0.15, 0.2) is 54.9 Å². The van der Waals surface area contributed by atoms with Crippen molar-refractivity contribution in [1.29, 1.82) is 0 Å². The van der Waals surface area contributed by atoms with Gasteiger partial charge in [0.15, 0.2) is 11.5 Å². The predicted octanol–water partition coefficient (Wildman–Crippen LogP) is 4.94. The van der Waals surface area contributed by atoms with Crippen molar-refractivity contribution in [2.75, 3.05) is 18.0 Å². The summed E-state index contributed by atoms with van der Waals surface area (Å²) < 4.78 is 1.76. The van der Waals surface area contributed by atoms with Crippen molar-refractivity contribution in [3.8, 4) is 11.4 Å². The average molecular weight is 465 g/mol. The van der Waals surface area contributed by atoms with Crippen LogP contribution in [-0.4, -0.2) is 32.7 Å². The molecule has 1 aliphatic carbocycles. The van der Waals surface area contributed by atoms with Gasteiger partial charge in [-0.3, -0.25) is 0 Å². The van der Waals surface area contributed by atoms with E-state index in [1.807, 2.05) is 18.3 Å². The Morgan fingerprint density at radius 3 is 2.66 bits per heavy atom. The monoisotopic (exact) mass is 464 g/mol. The molecule has 3 heterocycles. The van der Waals surface area contributed by atoms with E-state index in [-0.39, 0.29) is 11.5 Å². The first-order valence-electron chi connectivity index (χ1n) is 10.8. The first-order chi connectivity index (χ1) is 15.5. The molecule has 1 fully saturated rings. The van der Waals surface area contributed by atoms with Crippen LogP contribution in [0.4, 0.5) is 5.82 Å². The molecule has 0 saturated carbocycles. The van der Waals surface area contributed by atoms with Crippen LogP contribution in [0, 0.1) is 5.41 Å². The van der Waals surface area contributed by atoms with Crippen LogP contribution in [0.1, 0.15) is 30.0 Å². The van der Waals surface area contributed by atoms with E-state index >= 15 is 0 Å². The summed E-state index contributed by atoms with van der Waals surface area (Å²) in [5.41, 5.74) is 11.0. The van der Waals surface area contributed by atoms with Crippen LogP contribution in [0.2, 0.25) is 10.0 Å². The number of nitrogens with two attached hydrogens (primary N) is 1. The van der Waals surface area contributed by atoms with Crippen LogP contribution in [0.5, 0.6) is 0 Å². The molecule has 32 heavy (non-hydrogen) atoms. The van der Waals surface area contributed by atoms with E-state index in [9.17, 15) is 0 Å². The van der Waals surface area contributed by atoms with Gasteiger partial charge in [0, 0.05) is 24.7 Å². The topological polar surface area (TPSA) is 72.3 Å². The third-order valence-electron chi connectivity index (χ3n) is 7.08. The number of fused-ring (bicyclic) bond motifs is 2. The number of hydrogen-bond donors (Lipinski definition) is 1. The van der Waals surface area contributed by atoms with Gasteiger partial charge in [-0.15, -0.1) is 5.10 Å². The zero-order valence-corrected chi connectivity index (χ0v) is 18.9. The Hall–Kier alpha value is -2.67. The minimum atomic E-state index is 0.108. The molecular weight excluding hydrogens is 443 g/mol. The number of aromatic nitrogens is 4. The minimum absolute atomic E-state index is 0.108. The van der Waals surface area contributed by atoms with Crippen LogP contribution in [0.25, 0.3) is 17.0 Å². The molecule has 4 aromatic rings. The highest BCUT2D eigenvalue weighted by Crippen LogP contribution is 2.50. The fourth-order valence-corrected chi connectivity index (χ4v) is 5.61. The van der Waals surface area contributed by atoms with Crippen molar-refractivity contribution < 1.29 is 0 Å². The Kier molecular flexibility index (Phi) is 4.64. The molecule has 2 aromatic carbocycles. The first kappa shape index (κ1) is 20.0. The second kappa shape index (κ2) is 7.44. The van der Waals surface area contributed by atoms with Gasteiger partial charge in [0.1, 0.15) is 5.82 Å². The van der Waals surface area contributed by atoms with E-state index in [1.165, 1.54) is 11.1 Å². The van der Waals surface area contributed by atoms with Gasteiger partial charge in [-0.2, -0.15) is 0 Å². The molecule has 1 atom stereocenters. The Morgan fingerprint density at radius 2 is 1.84 bits per heavy atom. The van der Waals surface area contributed by atoms with Gasteiger partial charge in [0.25, 0.3) is 0 Å². The van der Waals surface area contributed by atoms with Crippen LogP contribution < -0.4 is 10.6 Å². The Morgan fingerprint density at radius 1 is 1.03 bits per heavy atom. The summed E-state index contributed by atoms with van der Waals surface area (Å²) in [6.45, 7) is 1.84. The lowest BCUT2D eigenvalue weighted by Gasteiger charge is -2.42. The van der Waals surface area contributed by atoms with Crippen molar-refractivity contribution in [3.63, 3.8) is 0 Å². The van der Waals surface area contributed by atoms with Gasteiger partial charge < -0.3 is 10.6 Å². The summed E-state index contributed by atoms with van der Waals surface area (Å²) in [6, 6.07) is 14.2. The van der Waals surface area contributed by atoms with Crippen LogP contribution in [0.3, 0.4) is 0 Å². The summed E-state index contributed by atoms with van der Waals surface area (Å²) >= 11 is 12.5. The zero-order chi connectivity index (χ0) is 21.9. The fourth-order valence-electron chi connectivity index (χ4n) is 5.23. The highest BCUT2D eigenvalue weighted by atomic mass is 35.5. The molecule has 1 spiro atoms. The average Bonchev–Trinajstić information content (AvgIpc) is 3.35. The van der Waals surface area contributed by atoms with E-state index < -0.39 is 0 Å². The Bertz CT molecular complexity index is 1330. The van der Waals surface area contributed by atoms with Crippen molar-refractivity contribution in [1.82, 2.24) is 19.6 Å². The Labute approximate surface area is 196 Å². The van der Waals surface area contributed by atoms with Crippen molar-refractivity contribution in [2.45, 2.75) is 25.3 Å². The molecule has 1 aliphatic heterocycles. The molecule has 0 amide bonds. The summed E-state index contributed by atoms with van der Waals surface area (Å²) in [5.74, 6) is 1.42. The molecule has 0 radical (unpaired) electrons. The lowest BCUT2D eigenvalue weighted by molar-refractivity contribution is 0.187. The molecule has 6 rings (SSSR count). The second-order valence-corrected chi connectivity index (χ2v) is 9.57. The number of benzene rings is 2. The third-order valence-corrected chi connectivity index (χ3v) is 7.89. The molecule has 1 saturated heterocycles. The smallest absolute Gasteiger partial charge is 0.183 e. The van der Waals surface area contributed by atoms with Crippen LogP contribution in [-0.2, 0) is 6.42 Å². The zero-order valence-electron chi connectivity index (χ0n) is 17.4. The van der Waals surface area contributed by atoms with Crippen molar-refractivity contribution in [3.05, 3.63) is 76.0 Å². The molecule has 2 aliphatic rings. The molecule has 2 N–H and O–H groups in total. The quantitative estimate of drug-likeness (QED) is 0.454. The summed E-state index contributed by atoms with van der Waals surface area (Å²) in [5, 5.41) is 5.56.